The van der Waals surface area contributed by atoms with E-state index >= 15 is 0 Å². The van der Waals surface area contributed by atoms with Gasteiger partial charge in [0.05, 0.1) is 24.6 Å². The molecule has 0 radical (unpaired) electrons. The van der Waals surface area contributed by atoms with Crippen molar-refractivity contribution in [3.05, 3.63) is 18.2 Å². The third-order valence-electron chi connectivity index (χ3n) is 3.08. The summed E-state index contributed by atoms with van der Waals surface area (Å²) >= 11 is 0. The molecule has 0 aliphatic rings. The van der Waals surface area contributed by atoms with Crippen molar-refractivity contribution in [1.29, 1.82) is 0 Å². The molecule has 1 aromatic rings. The van der Waals surface area contributed by atoms with Crippen molar-refractivity contribution < 1.29 is 4.79 Å². The number of aromatic nitrogens is 2. The van der Waals surface area contributed by atoms with Crippen molar-refractivity contribution in [1.82, 2.24) is 15.3 Å². The van der Waals surface area contributed by atoms with E-state index in [1.54, 1.807) is 24.3 Å². The molecule has 1 aromatic heterocycles. The predicted octanol–water partition coefficient (Wildman–Crippen LogP) is 1.77. The maximum atomic E-state index is 12.0. The van der Waals surface area contributed by atoms with Gasteiger partial charge >= 0.3 is 0 Å². The van der Waals surface area contributed by atoms with E-state index < -0.39 is 0 Å². The van der Waals surface area contributed by atoms with Crippen molar-refractivity contribution in [3.8, 4) is 0 Å². The Hall–Kier alpha value is -1.49. The van der Waals surface area contributed by atoms with Crippen LogP contribution in [0.15, 0.2) is 12.4 Å². The maximum absolute atomic E-state index is 12.0. The normalized spacial score (nSPS) is 12.2. The van der Waals surface area contributed by atoms with Crippen LogP contribution in [-0.2, 0) is 4.79 Å². The van der Waals surface area contributed by atoms with Gasteiger partial charge in [0.15, 0.2) is 0 Å². The second kappa shape index (κ2) is 7.84. The number of carbonyl (C=O) groups is 1. The fourth-order valence-corrected chi connectivity index (χ4v) is 1.84. The number of likely N-dealkylation sites (N-methyl/N-ethyl adjacent to an activating group) is 1. The van der Waals surface area contributed by atoms with Crippen molar-refractivity contribution in [2.24, 2.45) is 5.92 Å². The molecule has 1 rings (SSSR count). The molecule has 19 heavy (non-hydrogen) atoms. The summed E-state index contributed by atoms with van der Waals surface area (Å²) in [6.07, 6.45) is 5.69. The summed E-state index contributed by atoms with van der Waals surface area (Å²) in [6, 6.07) is 0. The minimum Gasteiger partial charge on any atom is -0.312 e. The molecule has 1 atom stereocenters. The fourth-order valence-electron chi connectivity index (χ4n) is 1.84. The van der Waals surface area contributed by atoms with Crippen LogP contribution < -0.4 is 10.2 Å². The lowest BCUT2D eigenvalue weighted by Crippen LogP contribution is -2.37. The van der Waals surface area contributed by atoms with Gasteiger partial charge in [-0.1, -0.05) is 20.3 Å². The Balaban J connectivity index is 2.38. The van der Waals surface area contributed by atoms with Gasteiger partial charge in [0.1, 0.15) is 5.82 Å². The van der Waals surface area contributed by atoms with Gasteiger partial charge in [-0.2, -0.15) is 0 Å². The first-order valence-electron chi connectivity index (χ1n) is 6.80. The summed E-state index contributed by atoms with van der Waals surface area (Å²) in [4.78, 5) is 21.7. The average molecular weight is 264 g/mol. The monoisotopic (exact) mass is 264 g/mol. The van der Waals surface area contributed by atoms with Crippen LogP contribution in [0.25, 0.3) is 0 Å². The number of aryl methyl sites for hydroxylation is 1. The summed E-state index contributed by atoms with van der Waals surface area (Å²) in [6.45, 7) is 7.41. The Labute approximate surface area is 115 Å². The minimum atomic E-state index is 0.0242. The number of hydrogen-bond donors (Lipinski definition) is 1. The van der Waals surface area contributed by atoms with Crippen molar-refractivity contribution >= 4 is 11.6 Å². The quantitative estimate of drug-likeness (QED) is 0.815. The number of nitrogens with zero attached hydrogens (tertiary/aromatic N) is 3. The number of nitrogens with one attached hydrogen (secondary N) is 1. The van der Waals surface area contributed by atoms with Crippen molar-refractivity contribution in [2.45, 2.75) is 33.6 Å². The number of rotatable bonds is 7. The smallest absolute Gasteiger partial charge is 0.240 e. The molecule has 0 bridgehead atoms. The van der Waals surface area contributed by atoms with Gasteiger partial charge in [0.25, 0.3) is 0 Å². The van der Waals surface area contributed by atoms with Gasteiger partial charge in [-0.15, -0.1) is 0 Å². The third kappa shape index (κ3) is 5.34. The number of amides is 1. The molecule has 5 heteroatoms. The van der Waals surface area contributed by atoms with Crippen LogP contribution in [-0.4, -0.2) is 36.0 Å². The Morgan fingerprint density at radius 2 is 2.05 bits per heavy atom. The molecule has 0 fully saturated rings. The lowest BCUT2D eigenvalue weighted by Gasteiger charge is -2.18. The summed E-state index contributed by atoms with van der Waals surface area (Å²) in [7, 11) is 1.74. The minimum absolute atomic E-state index is 0.0242. The zero-order valence-corrected chi connectivity index (χ0v) is 12.3. The zero-order chi connectivity index (χ0) is 14.3. The molecule has 1 unspecified atom stereocenters. The molecule has 0 aliphatic heterocycles. The Bertz CT molecular complexity index is 391. The van der Waals surface area contributed by atoms with Crippen molar-refractivity contribution in [3.63, 3.8) is 0 Å². The highest BCUT2D eigenvalue weighted by molar-refractivity contribution is 5.93. The van der Waals surface area contributed by atoms with E-state index in [2.05, 4.69) is 29.1 Å². The lowest BCUT2D eigenvalue weighted by atomic mass is 10.1. The average Bonchev–Trinajstić information content (AvgIpc) is 2.39. The van der Waals surface area contributed by atoms with E-state index in [0.29, 0.717) is 18.3 Å². The van der Waals surface area contributed by atoms with Gasteiger partial charge < -0.3 is 10.2 Å². The van der Waals surface area contributed by atoms with E-state index in [4.69, 9.17) is 0 Å². The SMILES string of the molecule is CCCC(C)CNCC(=O)N(C)c1cnc(C)nc1. The topological polar surface area (TPSA) is 58.1 Å². The van der Waals surface area contributed by atoms with Crippen LogP contribution in [0, 0.1) is 12.8 Å². The Morgan fingerprint density at radius 3 is 2.63 bits per heavy atom. The third-order valence-corrected chi connectivity index (χ3v) is 3.08. The van der Waals surface area contributed by atoms with E-state index in [-0.39, 0.29) is 5.91 Å². The molecule has 0 aliphatic carbocycles. The molecule has 1 amide bonds. The Morgan fingerprint density at radius 1 is 1.42 bits per heavy atom. The van der Waals surface area contributed by atoms with Crippen LogP contribution >= 0.6 is 0 Å². The van der Waals surface area contributed by atoms with Gasteiger partial charge in [0.2, 0.25) is 5.91 Å². The standard InChI is InChI=1S/C14H24N4O/c1-5-6-11(2)7-15-10-14(19)18(4)13-8-16-12(3)17-9-13/h8-9,11,15H,5-7,10H2,1-4H3. The van der Waals surface area contributed by atoms with E-state index in [1.807, 2.05) is 6.92 Å². The predicted molar refractivity (Wildman–Crippen MR) is 77.1 cm³/mol. The van der Waals surface area contributed by atoms with Gasteiger partial charge in [-0.05, 0) is 25.8 Å². The molecule has 0 saturated carbocycles. The molecule has 0 spiro atoms. The molecular formula is C14H24N4O. The highest BCUT2D eigenvalue weighted by Gasteiger charge is 2.11. The Kier molecular flexibility index (Phi) is 6.42. The molecule has 0 aromatic carbocycles. The lowest BCUT2D eigenvalue weighted by molar-refractivity contribution is -0.117. The zero-order valence-electron chi connectivity index (χ0n) is 12.3. The highest BCUT2D eigenvalue weighted by Crippen LogP contribution is 2.08. The number of hydrogen-bond acceptors (Lipinski definition) is 4. The number of anilines is 1. The summed E-state index contributed by atoms with van der Waals surface area (Å²) in [5.41, 5.74) is 0.721. The molecule has 106 valence electrons. The molecule has 5 nitrogen and oxygen atoms in total. The van der Waals surface area contributed by atoms with Gasteiger partial charge in [-0.25, -0.2) is 9.97 Å². The van der Waals surface area contributed by atoms with Crippen LogP contribution in [0.3, 0.4) is 0 Å². The van der Waals surface area contributed by atoms with Crippen LogP contribution in [0.5, 0.6) is 0 Å². The first-order chi connectivity index (χ1) is 9.04. The summed E-state index contributed by atoms with van der Waals surface area (Å²) in [5, 5.41) is 3.20. The molecular weight excluding hydrogens is 240 g/mol. The van der Waals surface area contributed by atoms with E-state index in [9.17, 15) is 4.79 Å². The van der Waals surface area contributed by atoms with E-state index in [0.717, 1.165) is 12.2 Å². The van der Waals surface area contributed by atoms with Crippen LogP contribution in [0.2, 0.25) is 0 Å². The second-order valence-electron chi connectivity index (χ2n) is 4.97. The largest absolute Gasteiger partial charge is 0.312 e. The first-order valence-corrected chi connectivity index (χ1v) is 6.80. The molecule has 0 saturated heterocycles. The van der Waals surface area contributed by atoms with E-state index in [1.165, 1.54) is 12.8 Å². The first kappa shape index (κ1) is 15.6. The van der Waals surface area contributed by atoms with Crippen LogP contribution in [0.4, 0.5) is 5.69 Å². The van der Waals surface area contributed by atoms with Crippen LogP contribution in [0.1, 0.15) is 32.5 Å². The highest BCUT2D eigenvalue weighted by atomic mass is 16.2. The maximum Gasteiger partial charge on any atom is 0.240 e. The fraction of sp³-hybridized carbons (Fsp3) is 0.643. The second-order valence-corrected chi connectivity index (χ2v) is 4.97. The molecule has 1 heterocycles. The summed E-state index contributed by atoms with van der Waals surface area (Å²) in [5.74, 6) is 1.33. The van der Waals surface area contributed by atoms with Gasteiger partial charge in [-0.3, -0.25) is 4.79 Å². The molecule has 1 N–H and O–H groups in total. The van der Waals surface area contributed by atoms with Gasteiger partial charge in [0, 0.05) is 7.05 Å². The van der Waals surface area contributed by atoms with Crippen molar-refractivity contribution in [2.75, 3.05) is 25.0 Å². The summed E-state index contributed by atoms with van der Waals surface area (Å²) < 4.78 is 0. The number of carbonyl (C=O) groups excluding carboxylic acids is 1.